The van der Waals surface area contributed by atoms with E-state index < -0.39 is 79.8 Å². The summed E-state index contributed by atoms with van der Waals surface area (Å²) < 4.78 is 127. The van der Waals surface area contributed by atoms with Crippen LogP contribution >= 0.6 is 15.9 Å². The van der Waals surface area contributed by atoms with Gasteiger partial charge in [0.05, 0.1) is 16.5 Å². The Kier molecular flexibility index (Phi) is 4.68. The van der Waals surface area contributed by atoms with Crippen molar-refractivity contribution in [3.05, 3.63) is 75.0 Å². The number of hydrogen-bond acceptors (Lipinski definition) is 1. The van der Waals surface area contributed by atoms with Crippen molar-refractivity contribution < 1.29 is 39.5 Å². The first-order valence-electron chi connectivity index (χ1n) is 7.83. The molecule has 0 N–H and O–H groups in total. The van der Waals surface area contributed by atoms with E-state index in [9.17, 15) is 39.5 Å². The smallest absolute Gasteiger partial charge is 0.200 e. The van der Waals surface area contributed by atoms with Crippen LogP contribution in [0.5, 0.6) is 0 Å². The maximum Gasteiger partial charge on any atom is 0.200 e. The van der Waals surface area contributed by atoms with Crippen LogP contribution in [0.15, 0.2) is 22.7 Å². The van der Waals surface area contributed by atoms with Crippen molar-refractivity contribution in [2.45, 2.75) is 0 Å². The summed E-state index contributed by atoms with van der Waals surface area (Å²) in [7, 11) is 0. The molecule has 1 heterocycles. The Hall–Kier alpha value is -2.82. The molecule has 3 aromatic carbocycles. The minimum absolute atomic E-state index is 0.199. The second-order valence-corrected chi connectivity index (χ2v) is 6.99. The number of aromatic nitrogens is 1. The summed E-state index contributed by atoms with van der Waals surface area (Å²) in [5.74, 6) is -20.7. The van der Waals surface area contributed by atoms with Gasteiger partial charge in [-0.2, -0.15) is 0 Å². The fourth-order valence-electron chi connectivity index (χ4n) is 3.10. The van der Waals surface area contributed by atoms with E-state index in [-0.39, 0.29) is 9.99 Å². The Bertz CT molecular complexity index is 1370. The van der Waals surface area contributed by atoms with Gasteiger partial charge in [0, 0.05) is 15.4 Å². The number of halogens is 10. The highest BCUT2D eigenvalue weighted by Gasteiger charge is 2.32. The van der Waals surface area contributed by atoms with Crippen molar-refractivity contribution in [1.29, 1.82) is 0 Å². The summed E-state index contributed by atoms with van der Waals surface area (Å²) in [5, 5.41) is -1.70. The van der Waals surface area contributed by atoms with Crippen LogP contribution < -0.4 is 0 Å². The molecule has 0 spiro atoms. The molecule has 30 heavy (non-hydrogen) atoms. The molecule has 0 fully saturated rings. The van der Waals surface area contributed by atoms with Crippen molar-refractivity contribution in [3.8, 4) is 11.1 Å². The van der Waals surface area contributed by atoms with E-state index in [1.165, 1.54) is 6.07 Å². The first kappa shape index (κ1) is 20.5. The van der Waals surface area contributed by atoms with Crippen LogP contribution in [0.3, 0.4) is 0 Å². The number of benzene rings is 3. The molecule has 0 saturated carbocycles. The molecule has 1 nitrogen and oxygen atoms in total. The van der Waals surface area contributed by atoms with E-state index in [4.69, 9.17) is 0 Å². The third kappa shape index (κ3) is 2.68. The van der Waals surface area contributed by atoms with Gasteiger partial charge >= 0.3 is 0 Å². The summed E-state index contributed by atoms with van der Waals surface area (Å²) in [6.07, 6.45) is 0. The van der Waals surface area contributed by atoms with Gasteiger partial charge in [0.15, 0.2) is 46.5 Å². The fourth-order valence-corrected chi connectivity index (χ4v) is 3.46. The number of hydrogen-bond donors (Lipinski definition) is 0. The Morgan fingerprint density at radius 1 is 0.567 bits per heavy atom. The standard InChI is InChI=1S/C19H3BrF9N/c20-4-1-2-6-5(3-4)7(8-10(21)13(24)16(27)14(25)11(8)22)9-12(23)15(26)17(28)18(29)19(9)30-6/h1-3H. The monoisotopic (exact) mass is 495 g/mol. The molecule has 154 valence electrons. The Labute approximate surface area is 168 Å². The molecular formula is C19H3BrF9N. The van der Waals surface area contributed by atoms with Crippen molar-refractivity contribution in [2.75, 3.05) is 0 Å². The zero-order valence-electron chi connectivity index (χ0n) is 14.0. The second kappa shape index (κ2) is 6.86. The van der Waals surface area contributed by atoms with E-state index >= 15 is 0 Å². The van der Waals surface area contributed by atoms with Gasteiger partial charge in [-0.3, -0.25) is 0 Å². The molecule has 0 saturated heterocycles. The van der Waals surface area contributed by atoms with E-state index in [0.717, 1.165) is 12.1 Å². The van der Waals surface area contributed by atoms with Gasteiger partial charge < -0.3 is 0 Å². The largest absolute Gasteiger partial charge is 0.244 e. The van der Waals surface area contributed by atoms with Gasteiger partial charge in [0.2, 0.25) is 5.82 Å². The van der Waals surface area contributed by atoms with Crippen molar-refractivity contribution in [1.82, 2.24) is 4.98 Å². The lowest BCUT2D eigenvalue weighted by Crippen LogP contribution is -2.07. The summed E-state index contributed by atoms with van der Waals surface area (Å²) in [6, 6.07) is 3.51. The van der Waals surface area contributed by atoms with Crippen LogP contribution in [0.2, 0.25) is 0 Å². The highest BCUT2D eigenvalue weighted by molar-refractivity contribution is 9.10. The van der Waals surface area contributed by atoms with Gasteiger partial charge in [-0.05, 0) is 18.2 Å². The third-order valence-corrected chi connectivity index (χ3v) is 4.91. The van der Waals surface area contributed by atoms with E-state index in [0.29, 0.717) is 0 Å². The predicted octanol–water partition coefficient (Wildman–Crippen LogP) is 7.07. The van der Waals surface area contributed by atoms with Gasteiger partial charge in [-0.15, -0.1) is 0 Å². The topological polar surface area (TPSA) is 12.9 Å². The Morgan fingerprint density at radius 3 is 1.67 bits per heavy atom. The van der Waals surface area contributed by atoms with Crippen molar-refractivity contribution in [3.63, 3.8) is 0 Å². The molecule has 0 aliphatic rings. The second-order valence-electron chi connectivity index (χ2n) is 6.07. The summed E-state index contributed by atoms with van der Waals surface area (Å²) in [6.45, 7) is 0. The van der Waals surface area contributed by atoms with Crippen molar-refractivity contribution in [2.24, 2.45) is 0 Å². The molecule has 0 unspecified atom stereocenters. The van der Waals surface area contributed by atoms with Gasteiger partial charge in [-0.1, -0.05) is 15.9 Å². The number of nitrogens with zero attached hydrogens (tertiary/aromatic N) is 1. The fraction of sp³-hybridized carbons (Fsp3) is 0. The minimum Gasteiger partial charge on any atom is -0.244 e. The molecule has 0 aliphatic carbocycles. The number of fused-ring (bicyclic) bond motifs is 2. The summed E-state index contributed by atoms with van der Waals surface area (Å²) >= 11 is 3.01. The molecular weight excluding hydrogens is 493 g/mol. The summed E-state index contributed by atoms with van der Waals surface area (Å²) in [4.78, 5) is 3.64. The molecule has 0 radical (unpaired) electrons. The Morgan fingerprint density at radius 2 is 1.07 bits per heavy atom. The van der Waals surface area contributed by atoms with Crippen LogP contribution in [0, 0.1) is 52.4 Å². The lowest BCUT2D eigenvalue weighted by molar-refractivity contribution is 0.381. The van der Waals surface area contributed by atoms with Gasteiger partial charge in [0.1, 0.15) is 5.52 Å². The molecule has 0 atom stereocenters. The molecule has 0 aliphatic heterocycles. The predicted molar refractivity (Wildman–Crippen MR) is 92.0 cm³/mol. The van der Waals surface area contributed by atoms with E-state index in [1.54, 1.807) is 0 Å². The van der Waals surface area contributed by atoms with Crippen LogP contribution in [0.25, 0.3) is 32.9 Å². The minimum atomic E-state index is -2.48. The lowest BCUT2D eigenvalue weighted by Gasteiger charge is -2.16. The normalized spacial score (nSPS) is 11.7. The van der Waals surface area contributed by atoms with Crippen LogP contribution in [0.1, 0.15) is 0 Å². The molecule has 4 rings (SSSR count). The summed E-state index contributed by atoms with van der Waals surface area (Å²) in [5.41, 5.74) is -4.24. The zero-order valence-corrected chi connectivity index (χ0v) is 15.5. The van der Waals surface area contributed by atoms with Crippen LogP contribution in [-0.4, -0.2) is 4.98 Å². The SMILES string of the molecule is Fc1c(F)c(F)c(-c2c3cc(Br)ccc3nc3c(F)c(F)c(F)c(F)c23)c(F)c1F. The molecule has 0 bridgehead atoms. The third-order valence-electron chi connectivity index (χ3n) is 4.41. The lowest BCUT2D eigenvalue weighted by atomic mass is 9.94. The average molecular weight is 496 g/mol. The highest BCUT2D eigenvalue weighted by atomic mass is 79.9. The average Bonchev–Trinajstić information content (AvgIpc) is 2.73. The quantitative estimate of drug-likeness (QED) is 0.119. The molecule has 0 amide bonds. The van der Waals surface area contributed by atoms with Gasteiger partial charge in [0.25, 0.3) is 0 Å². The maximum atomic E-state index is 14.6. The Balaban J connectivity index is 2.40. The van der Waals surface area contributed by atoms with Crippen LogP contribution in [0.4, 0.5) is 39.5 Å². The molecule has 1 aromatic heterocycles. The number of pyridine rings is 1. The molecule has 11 heteroatoms. The van der Waals surface area contributed by atoms with Crippen molar-refractivity contribution >= 4 is 37.7 Å². The highest BCUT2D eigenvalue weighted by Crippen LogP contribution is 2.42. The zero-order chi connectivity index (χ0) is 22.1. The first-order valence-corrected chi connectivity index (χ1v) is 8.62. The van der Waals surface area contributed by atoms with Gasteiger partial charge in [-0.25, -0.2) is 44.5 Å². The first-order chi connectivity index (χ1) is 14.1. The van der Waals surface area contributed by atoms with E-state index in [2.05, 4.69) is 20.9 Å². The number of rotatable bonds is 1. The maximum absolute atomic E-state index is 14.6. The van der Waals surface area contributed by atoms with Crippen LogP contribution in [-0.2, 0) is 0 Å². The van der Waals surface area contributed by atoms with E-state index in [1.807, 2.05) is 0 Å². The molecule has 4 aromatic rings.